The molecule has 5 atom stereocenters. The highest BCUT2D eigenvalue weighted by atomic mass is 16.8. The Balaban J connectivity index is 2.09. The lowest BCUT2D eigenvalue weighted by atomic mass is 9.64. The van der Waals surface area contributed by atoms with Crippen LogP contribution in [-0.2, 0) is 14.2 Å². The van der Waals surface area contributed by atoms with E-state index in [0.717, 1.165) is 19.3 Å². The zero-order chi connectivity index (χ0) is 16.5. The van der Waals surface area contributed by atoms with E-state index in [-0.39, 0.29) is 5.41 Å². The van der Waals surface area contributed by atoms with Crippen LogP contribution in [0.2, 0.25) is 0 Å². The van der Waals surface area contributed by atoms with Gasteiger partial charge in [-0.25, -0.2) is 0 Å². The summed E-state index contributed by atoms with van der Waals surface area (Å²) in [6.45, 7) is 8.72. The summed E-state index contributed by atoms with van der Waals surface area (Å²) in [5.41, 5.74) is -0.0479. The molecule has 0 bridgehead atoms. The molecule has 22 heavy (non-hydrogen) atoms. The summed E-state index contributed by atoms with van der Waals surface area (Å²) in [4.78, 5) is 0. The van der Waals surface area contributed by atoms with Crippen molar-refractivity contribution in [3.63, 3.8) is 0 Å². The molecule has 2 fully saturated rings. The fraction of sp³-hybridized carbons (Fsp3) is 0.882. The monoisotopic (exact) mass is 314 g/mol. The van der Waals surface area contributed by atoms with E-state index in [9.17, 15) is 10.2 Å². The lowest BCUT2D eigenvalue weighted by molar-refractivity contribution is -0.220. The van der Waals surface area contributed by atoms with Gasteiger partial charge in [-0.15, -0.1) is 0 Å². The summed E-state index contributed by atoms with van der Waals surface area (Å²) in [7, 11) is 2.91. The predicted octanol–water partition coefficient (Wildman–Crippen LogP) is 2.22. The average Bonchev–Trinajstić information content (AvgIpc) is 2.70. The second kappa shape index (κ2) is 6.57. The average molecular weight is 314 g/mol. The quantitative estimate of drug-likeness (QED) is 0.762. The van der Waals surface area contributed by atoms with Crippen LogP contribution in [-0.4, -0.2) is 48.7 Å². The molecule has 1 heterocycles. The summed E-state index contributed by atoms with van der Waals surface area (Å²) < 4.78 is 15.7. The Bertz CT molecular complexity index is 404. The molecule has 1 aliphatic carbocycles. The number of hydrogen-bond donors (Lipinski definition) is 2. The van der Waals surface area contributed by atoms with Crippen LogP contribution in [0.4, 0.5) is 0 Å². The molecule has 1 saturated carbocycles. The number of methoxy groups -OCH3 is 2. The number of hydrogen-bond acceptors (Lipinski definition) is 5. The Morgan fingerprint density at radius 2 is 2.00 bits per heavy atom. The van der Waals surface area contributed by atoms with E-state index >= 15 is 0 Å². The second-order valence-electron chi connectivity index (χ2n) is 7.34. The van der Waals surface area contributed by atoms with Crippen molar-refractivity contribution in [1.29, 1.82) is 0 Å². The van der Waals surface area contributed by atoms with Gasteiger partial charge in [0, 0.05) is 14.2 Å². The summed E-state index contributed by atoms with van der Waals surface area (Å²) in [6, 6.07) is 0. The largest absolute Gasteiger partial charge is 0.385 e. The highest BCUT2D eigenvalue weighted by Crippen LogP contribution is 2.47. The van der Waals surface area contributed by atoms with Crippen molar-refractivity contribution < 1.29 is 24.4 Å². The molecular formula is C17H30O5. The molecule has 5 nitrogen and oxygen atoms in total. The first kappa shape index (κ1) is 17.9. The summed E-state index contributed by atoms with van der Waals surface area (Å²) in [5, 5.41) is 21.2. The zero-order valence-corrected chi connectivity index (χ0v) is 14.2. The first-order valence-electron chi connectivity index (χ1n) is 8.05. The van der Waals surface area contributed by atoms with Crippen LogP contribution in [0, 0.1) is 11.3 Å². The number of aliphatic hydroxyl groups is 2. The van der Waals surface area contributed by atoms with Crippen LogP contribution in [0.15, 0.2) is 12.2 Å². The zero-order valence-electron chi connectivity index (χ0n) is 14.2. The summed E-state index contributed by atoms with van der Waals surface area (Å²) >= 11 is 0. The minimum absolute atomic E-state index is 0.166. The van der Waals surface area contributed by atoms with Crippen LogP contribution < -0.4 is 0 Å². The number of ether oxygens (including phenoxy) is 3. The smallest absolute Gasteiger partial charge is 0.191 e. The molecule has 0 spiro atoms. The van der Waals surface area contributed by atoms with Crippen LogP contribution in [0.25, 0.3) is 0 Å². The van der Waals surface area contributed by atoms with Crippen molar-refractivity contribution in [3.05, 3.63) is 12.2 Å². The molecule has 0 amide bonds. The maximum Gasteiger partial charge on any atom is 0.191 e. The maximum absolute atomic E-state index is 10.9. The Morgan fingerprint density at radius 1 is 1.32 bits per heavy atom. The first-order chi connectivity index (χ1) is 10.3. The summed E-state index contributed by atoms with van der Waals surface area (Å²) in [6.07, 6.45) is 1.64. The third-order valence-electron chi connectivity index (χ3n) is 5.47. The molecule has 2 N–H and O–H groups in total. The molecular weight excluding hydrogens is 284 g/mol. The van der Waals surface area contributed by atoms with E-state index in [0.29, 0.717) is 12.3 Å². The van der Waals surface area contributed by atoms with E-state index in [1.807, 2.05) is 0 Å². The Hall–Kier alpha value is -0.460. The lowest BCUT2D eigenvalue weighted by Gasteiger charge is -2.42. The van der Waals surface area contributed by atoms with Crippen LogP contribution in [0.5, 0.6) is 0 Å². The highest BCUT2D eigenvalue weighted by Gasteiger charge is 2.56. The molecule has 0 aromatic carbocycles. The van der Waals surface area contributed by atoms with Crippen LogP contribution in [0.1, 0.15) is 46.0 Å². The van der Waals surface area contributed by atoms with Crippen LogP contribution >= 0.6 is 0 Å². The Kier molecular flexibility index (Phi) is 5.34. The van der Waals surface area contributed by atoms with Gasteiger partial charge in [-0.05, 0) is 43.4 Å². The van der Waals surface area contributed by atoms with Gasteiger partial charge in [0.05, 0.1) is 0 Å². The minimum atomic E-state index is -1.46. The standard InChI is InChI=1S/C17H30O5/c1-11-7-6-9-16(2,3)12(11)8-10-17(19)13(18)14(20-4)22-15(17)21-5/h12-15,18-19H,1,6-10H2,2-5H3/t12-,13-,14-,15-,17+/m1/s1. The van der Waals surface area contributed by atoms with Gasteiger partial charge in [-0.2, -0.15) is 0 Å². The number of rotatable bonds is 5. The van der Waals surface area contributed by atoms with Gasteiger partial charge < -0.3 is 24.4 Å². The molecule has 0 radical (unpaired) electrons. The molecule has 128 valence electrons. The van der Waals surface area contributed by atoms with E-state index in [2.05, 4.69) is 20.4 Å². The molecule has 0 unspecified atom stereocenters. The van der Waals surface area contributed by atoms with Crippen molar-refractivity contribution in [1.82, 2.24) is 0 Å². The lowest BCUT2D eigenvalue weighted by Crippen LogP contribution is -2.49. The third-order valence-corrected chi connectivity index (χ3v) is 5.47. The fourth-order valence-corrected chi connectivity index (χ4v) is 4.04. The Morgan fingerprint density at radius 3 is 2.55 bits per heavy atom. The Labute approximate surface area is 133 Å². The number of aliphatic hydroxyl groups excluding tert-OH is 1. The van der Waals surface area contributed by atoms with Crippen molar-refractivity contribution in [3.8, 4) is 0 Å². The second-order valence-corrected chi connectivity index (χ2v) is 7.34. The van der Waals surface area contributed by atoms with Crippen molar-refractivity contribution in [2.24, 2.45) is 11.3 Å². The van der Waals surface area contributed by atoms with Gasteiger partial charge in [0.25, 0.3) is 0 Å². The fourth-order valence-electron chi connectivity index (χ4n) is 4.04. The number of allylic oxidation sites excluding steroid dienone is 1. The van der Waals surface area contributed by atoms with Gasteiger partial charge in [-0.1, -0.05) is 26.0 Å². The molecule has 1 aliphatic heterocycles. The molecule has 0 aromatic rings. The summed E-state index contributed by atoms with van der Waals surface area (Å²) in [5.74, 6) is 0.330. The maximum atomic E-state index is 10.9. The molecule has 2 rings (SSSR count). The van der Waals surface area contributed by atoms with Gasteiger partial charge in [0.1, 0.15) is 11.7 Å². The van der Waals surface area contributed by atoms with Crippen molar-refractivity contribution >= 4 is 0 Å². The minimum Gasteiger partial charge on any atom is -0.385 e. The van der Waals surface area contributed by atoms with Crippen molar-refractivity contribution in [2.75, 3.05) is 14.2 Å². The molecule has 1 saturated heterocycles. The van der Waals surface area contributed by atoms with Gasteiger partial charge in [0.2, 0.25) is 0 Å². The first-order valence-corrected chi connectivity index (χ1v) is 8.05. The van der Waals surface area contributed by atoms with Crippen LogP contribution in [0.3, 0.4) is 0 Å². The molecule has 0 aromatic heterocycles. The normalized spacial score (nSPS) is 41.8. The predicted molar refractivity (Wildman–Crippen MR) is 83.1 cm³/mol. The SMILES string of the molecule is C=C1CCCC(C)(C)[C@@H]1CC[C@@]1(O)[C@H](OC)O[C@@H](OC)[C@H]1O. The topological polar surface area (TPSA) is 68.2 Å². The highest BCUT2D eigenvalue weighted by molar-refractivity contribution is 5.10. The third kappa shape index (κ3) is 3.10. The van der Waals surface area contributed by atoms with E-state index in [1.165, 1.54) is 26.2 Å². The van der Waals surface area contributed by atoms with Gasteiger partial charge in [0.15, 0.2) is 12.6 Å². The molecule has 2 aliphatic rings. The van der Waals surface area contributed by atoms with Gasteiger partial charge in [-0.3, -0.25) is 0 Å². The van der Waals surface area contributed by atoms with E-state index in [1.54, 1.807) is 0 Å². The molecule has 5 heteroatoms. The van der Waals surface area contributed by atoms with Gasteiger partial charge >= 0.3 is 0 Å². The van der Waals surface area contributed by atoms with E-state index < -0.39 is 24.3 Å². The van der Waals surface area contributed by atoms with Crippen molar-refractivity contribution in [2.45, 2.75) is 70.2 Å². The van der Waals surface area contributed by atoms with E-state index in [4.69, 9.17) is 14.2 Å².